The molecule has 1 atom stereocenters. The van der Waals surface area contributed by atoms with Crippen molar-refractivity contribution in [1.29, 1.82) is 0 Å². The molecular weight excluding hydrogens is 373 g/mol. The topological polar surface area (TPSA) is 74.9 Å². The molecule has 29 heavy (non-hydrogen) atoms. The van der Waals surface area contributed by atoms with Crippen LogP contribution in [0.15, 0.2) is 33.7 Å². The van der Waals surface area contributed by atoms with Gasteiger partial charge in [0.15, 0.2) is 5.96 Å². The average Bonchev–Trinajstić information content (AvgIpc) is 3.04. The Morgan fingerprint density at radius 2 is 2.07 bits per heavy atom. The van der Waals surface area contributed by atoms with E-state index in [0.29, 0.717) is 38.2 Å². The summed E-state index contributed by atoms with van der Waals surface area (Å²) in [5.74, 6) is 1.85. The second kappa shape index (κ2) is 10.4. The Balaban J connectivity index is 1.71. The van der Waals surface area contributed by atoms with E-state index in [-0.39, 0.29) is 11.9 Å². The number of nitrogens with one attached hydrogen (secondary N) is 2. The number of oxazole rings is 1. The molecule has 8 heteroatoms. The van der Waals surface area contributed by atoms with Crippen LogP contribution in [0.1, 0.15) is 35.9 Å². The molecule has 1 aromatic carbocycles. The number of halogens is 1. The lowest BCUT2D eigenvalue weighted by atomic mass is 10.0. The number of hydrogen-bond acceptors (Lipinski definition) is 5. The monoisotopic (exact) mass is 403 g/mol. The van der Waals surface area contributed by atoms with Gasteiger partial charge in [-0.05, 0) is 38.5 Å². The molecule has 7 nitrogen and oxygen atoms in total. The van der Waals surface area contributed by atoms with Crippen LogP contribution in [0.3, 0.4) is 0 Å². The van der Waals surface area contributed by atoms with Gasteiger partial charge in [-0.25, -0.2) is 14.4 Å². The maximum Gasteiger partial charge on any atom is 0.216 e. The zero-order valence-electron chi connectivity index (χ0n) is 17.4. The Bertz CT molecular complexity index is 798. The lowest BCUT2D eigenvalue weighted by Gasteiger charge is -2.35. The van der Waals surface area contributed by atoms with Crippen LogP contribution in [-0.4, -0.2) is 55.2 Å². The summed E-state index contributed by atoms with van der Waals surface area (Å²) in [5.41, 5.74) is 1.82. The van der Waals surface area contributed by atoms with Crippen LogP contribution < -0.4 is 10.6 Å². The number of nitrogens with zero attached hydrogens (tertiary/aromatic N) is 3. The van der Waals surface area contributed by atoms with Crippen LogP contribution in [0, 0.1) is 19.7 Å². The Hall–Kier alpha value is -2.45. The fraction of sp³-hybridized carbons (Fsp3) is 0.524. The van der Waals surface area contributed by atoms with Crippen molar-refractivity contribution in [1.82, 2.24) is 20.5 Å². The summed E-state index contributed by atoms with van der Waals surface area (Å²) >= 11 is 0. The number of guanidine groups is 1. The highest BCUT2D eigenvalue weighted by atomic mass is 19.1. The molecule has 1 saturated heterocycles. The number of aromatic nitrogens is 1. The highest BCUT2D eigenvalue weighted by Gasteiger charge is 2.23. The van der Waals surface area contributed by atoms with Crippen molar-refractivity contribution < 1.29 is 13.5 Å². The van der Waals surface area contributed by atoms with Gasteiger partial charge in [0.25, 0.3) is 0 Å². The van der Waals surface area contributed by atoms with Gasteiger partial charge in [-0.15, -0.1) is 0 Å². The molecule has 2 N–H and O–H groups in total. The van der Waals surface area contributed by atoms with Gasteiger partial charge in [0.2, 0.25) is 5.89 Å². The molecule has 0 radical (unpaired) electrons. The van der Waals surface area contributed by atoms with Crippen molar-refractivity contribution in [3.8, 4) is 0 Å². The lowest BCUT2D eigenvalue weighted by molar-refractivity contribution is 0.0169. The van der Waals surface area contributed by atoms with Crippen LogP contribution in [-0.2, 0) is 11.3 Å². The number of aliphatic imine (C=N–C) groups is 1. The molecule has 1 aliphatic heterocycles. The average molecular weight is 404 g/mol. The van der Waals surface area contributed by atoms with Gasteiger partial charge >= 0.3 is 0 Å². The number of ether oxygens (including phenoxy) is 1. The third kappa shape index (κ3) is 6.01. The SMILES string of the molecule is CCNC(=NCc1nc(C)c(C)o1)NCC(c1cccc(F)c1)N1CCOCC1. The minimum absolute atomic E-state index is 0.0182. The standard InChI is InChI=1S/C21H30FN5O2/c1-4-23-21(25-14-20-26-15(2)16(3)29-20)24-13-19(27-8-10-28-11-9-27)17-6-5-7-18(22)12-17/h5-7,12,19H,4,8-11,13-14H2,1-3H3,(H2,23,24,25). The maximum atomic E-state index is 13.8. The number of rotatable bonds is 7. The van der Waals surface area contributed by atoms with Crippen LogP contribution in [0.25, 0.3) is 0 Å². The Labute approximate surface area is 171 Å². The number of aryl methyl sites for hydroxylation is 2. The summed E-state index contributed by atoms with van der Waals surface area (Å²) in [6.07, 6.45) is 0. The molecule has 0 amide bonds. The summed E-state index contributed by atoms with van der Waals surface area (Å²) in [4.78, 5) is 11.3. The normalized spacial score (nSPS) is 16.6. The molecule has 1 aromatic heterocycles. The van der Waals surface area contributed by atoms with Crippen molar-refractivity contribution in [2.75, 3.05) is 39.4 Å². The van der Waals surface area contributed by atoms with E-state index in [9.17, 15) is 4.39 Å². The second-order valence-electron chi connectivity index (χ2n) is 7.04. The summed E-state index contributed by atoms with van der Waals surface area (Å²) in [6, 6.07) is 6.81. The molecule has 0 spiro atoms. The van der Waals surface area contributed by atoms with E-state index in [1.165, 1.54) is 6.07 Å². The first-order chi connectivity index (χ1) is 14.1. The van der Waals surface area contributed by atoms with Crippen molar-refractivity contribution in [3.63, 3.8) is 0 Å². The van der Waals surface area contributed by atoms with Crippen molar-refractivity contribution >= 4 is 5.96 Å². The van der Waals surface area contributed by atoms with Gasteiger partial charge in [0, 0.05) is 26.2 Å². The van der Waals surface area contributed by atoms with Crippen molar-refractivity contribution in [2.45, 2.75) is 33.4 Å². The number of benzene rings is 1. The first kappa shape index (κ1) is 21.3. The van der Waals surface area contributed by atoms with Crippen LogP contribution >= 0.6 is 0 Å². The van der Waals surface area contributed by atoms with Gasteiger partial charge in [0.1, 0.15) is 18.1 Å². The molecular formula is C21H30FN5O2. The molecule has 1 fully saturated rings. The van der Waals surface area contributed by atoms with E-state index in [1.807, 2.05) is 26.8 Å². The minimum Gasteiger partial charge on any atom is -0.444 e. The molecule has 2 heterocycles. The molecule has 2 aromatic rings. The molecule has 1 unspecified atom stereocenters. The quantitative estimate of drug-likeness (QED) is 0.547. The zero-order chi connectivity index (χ0) is 20.6. The predicted octanol–water partition coefficient (Wildman–Crippen LogP) is 2.56. The molecule has 3 rings (SSSR count). The van der Waals surface area contributed by atoms with E-state index < -0.39 is 0 Å². The van der Waals surface area contributed by atoms with Gasteiger partial charge in [-0.2, -0.15) is 0 Å². The second-order valence-corrected chi connectivity index (χ2v) is 7.04. The molecule has 0 bridgehead atoms. The van der Waals surface area contributed by atoms with Crippen molar-refractivity contribution in [2.24, 2.45) is 4.99 Å². The fourth-order valence-corrected chi connectivity index (χ4v) is 3.35. The highest BCUT2D eigenvalue weighted by molar-refractivity contribution is 5.79. The smallest absolute Gasteiger partial charge is 0.216 e. The fourth-order valence-electron chi connectivity index (χ4n) is 3.35. The molecule has 1 aliphatic rings. The van der Waals surface area contributed by atoms with Gasteiger partial charge in [-0.1, -0.05) is 12.1 Å². The third-order valence-corrected chi connectivity index (χ3v) is 4.97. The highest BCUT2D eigenvalue weighted by Crippen LogP contribution is 2.22. The van der Waals surface area contributed by atoms with Crippen LogP contribution in [0.5, 0.6) is 0 Å². The maximum absolute atomic E-state index is 13.8. The molecule has 0 aliphatic carbocycles. The Kier molecular flexibility index (Phi) is 7.60. The minimum atomic E-state index is -0.226. The summed E-state index contributed by atoms with van der Waals surface area (Å²) in [7, 11) is 0. The van der Waals surface area contributed by atoms with Crippen molar-refractivity contribution in [3.05, 3.63) is 53.0 Å². The third-order valence-electron chi connectivity index (χ3n) is 4.97. The van der Waals surface area contributed by atoms with E-state index in [4.69, 9.17) is 9.15 Å². The summed E-state index contributed by atoms with van der Waals surface area (Å²) in [5, 5.41) is 6.64. The van der Waals surface area contributed by atoms with E-state index in [2.05, 4.69) is 25.5 Å². The van der Waals surface area contributed by atoms with Gasteiger partial charge in [0.05, 0.1) is 24.9 Å². The first-order valence-corrected chi connectivity index (χ1v) is 10.1. The summed E-state index contributed by atoms with van der Waals surface area (Å²) in [6.45, 7) is 10.5. The van der Waals surface area contributed by atoms with E-state index in [1.54, 1.807) is 12.1 Å². The zero-order valence-corrected chi connectivity index (χ0v) is 17.4. The summed E-state index contributed by atoms with van der Waals surface area (Å²) < 4.78 is 24.9. The Morgan fingerprint density at radius 1 is 1.28 bits per heavy atom. The largest absolute Gasteiger partial charge is 0.444 e. The first-order valence-electron chi connectivity index (χ1n) is 10.1. The predicted molar refractivity (Wildman–Crippen MR) is 110 cm³/mol. The van der Waals surface area contributed by atoms with E-state index >= 15 is 0 Å². The Morgan fingerprint density at radius 3 is 2.72 bits per heavy atom. The van der Waals surface area contributed by atoms with Crippen LogP contribution in [0.4, 0.5) is 4.39 Å². The van der Waals surface area contributed by atoms with E-state index in [0.717, 1.165) is 36.7 Å². The molecule has 158 valence electrons. The lowest BCUT2D eigenvalue weighted by Crippen LogP contribution is -2.46. The number of hydrogen-bond donors (Lipinski definition) is 2. The molecule has 0 saturated carbocycles. The van der Waals surface area contributed by atoms with Gasteiger partial charge in [-0.3, -0.25) is 4.90 Å². The van der Waals surface area contributed by atoms with Gasteiger partial charge < -0.3 is 19.8 Å². The van der Waals surface area contributed by atoms with Crippen LogP contribution in [0.2, 0.25) is 0 Å². The number of morpholine rings is 1.